The van der Waals surface area contributed by atoms with Gasteiger partial charge in [-0.05, 0) is 0 Å². The fraction of sp³-hybridized carbons (Fsp3) is 0. The molecule has 0 aliphatic heterocycles. The van der Waals surface area contributed by atoms with Crippen molar-refractivity contribution in [2.45, 2.75) is 0 Å². The van der Waals surface area contributed by atoms with E-state index in [1.54, 1.807) is 0 Å². The zero-order valence-corrected chi connectivity index (χ0v) is 12.0. The van der Waals surface area contributed by atoms with E-state index in [9.17, 15) is 0 Å². The predicted molar refractivity (Wildman–Crippen MR) is 0 cm³/mol. The van der Waals surface area contributed by atoms with Crippen LogP contribution >= 0.6 is 0 Å². The van der Waals surface area contributed by atoms with E-state index >= 15 is 0 Å². The van der Waals surface area contributed by atoms with Crippen LogP contribution in [0.25, 0.3) is 0 Å². The molecule has 0 amide bonds. The Bertz CT molecular complexity index is 11.0. The Labute approximate surface area is 145 Å². The normalized spacial score (nSPS) is 0. The minimum absolute atomic E-state index is 0. The van der Waals surface area contributed by atoms with Gasteiger partial charge in [0.1, 0.15) is 0 Å². The molecular formula is Cl6GdNi2. The van der Waals surface area contributed by atoms with Crippen LogP contribution in [0.15, 0.2) is 0 Å². The van der Waals surface area contributed by atoms with E-state index in [2.05, 4.69) is 0 Å². The third kappa shape index (κ3) is 74.2. The Kier molecular flexibility index (Phi) is 1150. The number of hydrogen-bond acceptors (Lipinski definition) is 0. The van der Waals surface area contributed by atoms with E-state index in [0.717, 1.165) is 0 Å². The summed E-state index contributed by atoms with van der Waals surface area (Å²) in [5.41, 5.74) is 0. The van der Waals surface area contributed by atoms with Crippen molar-refractivity contribution in [3.05, 3.63) is 0 Å². The Morgan fingerprint density at radius 1 is 0.333 bits per heavy atom. The second-order valence-electron chi connectivity index (χ2n) is 0. The summed E-state index contributed by atoms with van der Waals surface area (Å²) in [7, 11) is 0. The predicted octanol–water partition coefficient (Wildman–Crippen LogP) is -18.0. The molecule has 0 saturated carbocycles. The zero-order valence-electron chi connectivity index (χ0n) is 3.25. The molecule has 0 rings (SSSR count). The second-order valence-corrected chi connectivity index (χ2v) is 0. The second kappa shape index (κ2) is 89.7. The van der Waals surface area contributed by atoms with E-state index in [-0.39, 0.29) is 147 Å². The quantitative estimate of drug-likeness (QED) is 0.298. The van der Waals surface area contributed by atoms with Crippen LogP contribution in [0.1, 0.15) is 0 Å². The Balaban J connectivity index is 0. The summed E-state index contributed by atoms with van der Waals surface area (Å²) >= 11 is 0. The number of halogens is 6. The largest absolute Gasteiger partial charge is 2.00 e. The van der Waals surface area contributed by atoms with Crippen LogP contribution in [-0.4, -0.2) is 0 Å². The van der Waals surface area contributed by atoms with E-state index in [1.807, 2.05) is 0 Å². The summed E-state index contributed by atoms with van der Waals surface area (Å²) in [5, 5.41) is 0. The summed E-state index contributed by atoms with van der Waals surface area (Å²) in [6, 6.07) is 0. The molecule has 0 nitrogen and oxygen atoms in total. The molecule has 0 aromatic carbocycles. The van der Waals surface area contributed by atoms with E-state index < -0.39 is 0 Å². The molecule has 0 unspecified atom stereocenters. The molecule has 9 heavy (non-hydrogen) atoms. The van der Waals surface area contributed by atoms with Crippen molar-refractivity contribution in [1.82, 2.24) is 0 Å². The van der Waals surface area contributed by atoms with Gasteiger partial charge >= 0.3 is 72.9 Å². The third-order valence-electron chi connectivity index (χ3n) is 0. The monoisotopic (exact) mass is 484 g/mol. The van der Waals surface area contributed by atoms with Gasteiger partial charge in [0, 0.05) is 0 Å². The molecule has 70 valence electrons. The van der Waals surface area contributed by atoms with Gasteiger partial charge in [0.15, 0.2) is 0 Å². The first-order chi connectivity index (χ1) is 0. The van der Waals surface area contributed by atoms with E-state index in [1.165, 1.54) is 0 Å². The molecular weight excluding hydrogens is 487 g/mol. The summed E-state index contributed by atoms with van der Waals surface area (Å²) in [5.74, 6) is 0. The van der Waals surface area contributed by atoms with Crippen molar-refractivity contribution in [1.29, 1.82) is 0 Å². The maximum atomic E-state index is 0. The standard InChI is InChI=1S/6ClH.Gd.2Ni/h6*1H;;;/q;;;;;;3*+2/p-6. The number of rotatable bonds is 0. The van der Waals surface area contributed by atoms with Crippen LogP contribution < -0.4 is 74.4 Å². The minimum atomic E-state index is 0. The molecule has 0 aliphatic rings. The summed E-state index contributed by atoms with van der Waals surface area (Å²) < 4.78 is 0. The summed E-state index contributed by atoms with van der Waals surface area (Å²) in [4.78, 5) is 0. The number of hydrogen-bond donors (Lipinski definition) is 0. The molecule has 0 heterocycles. The zero-order chi connectivity index (χ0) is 0. The first-order valence-corrected chi connectivity index (χ1v) is 0. The topological polar surface area (TPSA) is 0 Å². The smallest absolute Gasteiger partial charge is 1.00 e. The minimum Gasteiger partial charge on any atom is -1.00 e. The average molecular weight is 487 g/mol. The van der Waals surface area contributed by atoms with Crippen LogP contribution in [0.4, 0.5) is 0 Å². The first kappa shape index (κ1) is 115. The van der Waals surface area contributed by atoms with Gasteiger partial charge in [-0.2, -0.15) is 0 Å². The molecule has 9 heteroatoms. The van der Waals surface area contributed by atoms with Gasteiger partial charge in [-0.15, -0.1) is 0 Å². The van der Waals surface area contributed by atoms with Gasteiger partial charge in [-0.3, -0.25) is 0 Å². The fourth-order valence-corrected chi connectivity index (χ4v) is 0. The van der Waals surface area contributed by atoms with Gasteiger partial charge in [0.05, 0.1) is 0 Å². The first-order valence-electron chi connectivity index (χ1n) is 0. The molecule has 0 saturated heterocycles. The van der Waals surface area contributed by atoms with Crippen molar-refractivity contribution in [2.24, 2.45) is 0 Å². The Hall–Kier alpha value is 4.05. The SMILES string of the molecule is [Cl-].[Cl-].[Cl-].[Cl-].[Cl-].[Cl-].[Gd+2].[Ni+2].[Ni+2]. The van der Waals surface area contributed by atoms with Gasteiger partial charge in [0.2, 0.25) is 0 Å². The third-order valence-corrected chi connectivity index (χ3v) is 0. The molecule has 0 radical (unpaired) electrons. The molecule has 0 atom stereocenters. The van der Waals surface area contributed by atoms with Crippen LogP contribution in [-0.2, 0) is 33.0 Å². The maximum absolute atomic E-state index is 0. The van der Waals surface area contributed by atoms with Crippen LogP contribution in [0.5, 0.6) is 0 Å². The molecule has 0 N–H and O–H groups in total. The molecule has 0 bridgehead atoms. The Morgan fingerprint density at radius 2 is 0.333 bits per heavy atom. The molecule has 0 spiro atoms. The van der Waals surface area contributed by atoms with Gasteiger partial charge < -0.3 is 74.4 Å². The van der Waals surface area contributed by atoms with Crippen molar-refractivity contribution < 1.29 is 147 Å². The molecule has 0 fully saturated rings. The van der Waals surface area contributed by atoms with Crippen LogP contribution in [0.2, 0.25) is 0 Å². The van der Waals surface area contributed by atoms with Crippen molar-refractivity contribution >= 4 is 0 Å². The van der Waals surface area contributed by atoms with E-state index in [0.29, 0.717) is 0 Å². The molecule has 0 aromatic heterocycles. The van der Waals surface area contributed by atoms with Gasteiger partial charge in [0.25, 0.3) is 0 Å². The van der Waals surface area contributed by atoms with Crippen molar-refractivity contribution in [2.75, 3.05) is 0 Å². The average Bonchev–Trinajstić information content (AvgIpc) is 0. The Morgan fingerprint density at radius 3 is 0.333 bits per heavy atom. The van der Waals surface area contributed by atoms with Gasteiger partial charge in [-0.1, -0.05) is 0 Å². The molecule has 0 aliphatic carbocycles. The van der Waals surface area contributed by atoms with Crippen LogP contribution in [0, 0.1) is 39.9 Å². The van der Waals surface area contributed by atoms with Crippen molar-refractivity contribution in [3.63, 3.8) is 0 Å². The van der Waals surface area contributed by atoms with Crippen molar-refractivity contribution in [3.8, 4) is 0 Å². The van der Waals surface area contributed by atoms with E-state index in [4.69, 9.17) is 0 Å². The maximum Gasteiger partial charge on any atom is 2.00 e. The summed E-state index contributed by atoms with van der Waals surface area (Å²) in [6.45, 7) is 0. The summed E-state index contributed by atoms with van der Waals surface area (Å²) in [6.07, 6.45) is 0. The van der Waals surface area contributed by atoms with Crippen LogP contribution in [0.3, 0.4) is 0 Å². The van der Waals surface area contributed by atoms with Gasteiger partial charge in [-0.25, -0.2) is 0 Å². The molecule has 0 aromatic rings. The fourth-order valence-electron chi connectivity index (χ4n) is 0.